The van der Waals surface area contributed by atoms with Crippen LogP contribution in [0, 0.1) is 0 Å². The molecule has 0 aromatic rings. The second kappa shape index (κ2) is 52.8. The molecule has 28 valence electrons. The number of carbonyl (C=O) groups excluding carboxylic acids is 1. The van der Waals surface area contributed by atoms with Crippen LogP contribution in [0.5, 0.6) is 0 Å². The Bertz CT molecular complexity index is 8.00. The van der Waals surface area contributed by atoms with Crippen LogP contribution in [0.4, 0.5) is 0 Å². The fourth-order valence-corrected chi connectivity index (χ4v) is 0. The smallest absolute Gasteiger partial charge is 0.106 e. The topological polar surface area (TPSA) is 17.1 Å². The van der Waals surface area contributed by atoms with E-state index in [0.717, 1.165) is 0 Å². The average Bonchev–Trinajstić information content (AvgIpc) is 1.00. The Kier molecular flexibility index (Phi) is 291. The maximum absolute atomic E-state index is 8.00. The van der Waals surface area contributed by atoms with Gasteiger partial charge in [0.25, 0.3) is 0 Å². The summed E-state index contributed by atoms with van der Waals surface area (Å²) in [6, 6.07) is 0. The van der Waals surface area contributed by atoms with Gasteiger partial charge in [0.1, 0.15) is 6.79 Å². The van der Waals surface area contributed by atoms with Crippen molar-refractivity contribution < 1.29 is 24.3 Å². The van der Waals surface area contributed by atoms with E-state index in [2.05, 4.69) is 0 Å². The number of hydrogen-bond donors (Lipinski definition) is 0. The third-order valence-electron chi connectivity index (χ3n) is 0. The van der Waals surface area contributed by atoms with Crippen LogP contribution in [0.1, 0.15) is 0 Å². The summed E-state index contributed by atoms with van der Waals surface area (Å²) in [5.41, 5.74) is 0. The largest absolute Gasteiger partial charge is 0.307 e. The molecule has 0 aliphatic rings. The first-order chi connectivity index (χ1) is 1.00. The van der Waals surface area contributed by atoms with Crippen molar-refractivity contribution in [1.82, 2.24) is 0 Å². The van der Waals surface area contributed by atoms with Gasteiger partial charge in [-0.05, 0) is 0 Å². The first kappa shape index (κ1) is 22.0. The van der Waals surface area contributed by atoms with Crippen molar-refractivity contribution in [1.29, 1.82) is 0 Å². The zero-order valence-corrected chi connectivity index (χ0v) is 5.33. The minimum absolute atomic E-state index is 0. The summed E-state index contributed by atoms with van der Waals surface area (Å²) in [4.78, 5) is 8.00. The summed E-state index contributed by atoms with van der Waals surface area (Å²) in [6.45, 7) is 2.00. The summed E-state index contributed by atoms with van der Waals surface area (Å²) >= 11 is 0. The Morgan fingerprint density at radius 1 is 1.25 bits per heavy atom. The van der Waals surface area contributed by atoms with Crippen molar-refractivity contribution in [3.05, 3.63) is 0 Å². The molecule has 0 saturated carbocycles. The fraction of sp³-hybridized carbons (Fsp3) is 0. The molecule has 0 rings (SSSR count). The van der Waals surface area contributed by atoms with E-state index >= 15 is 0 Å². The third kappa shape index (κ3) is 15.5. The average molecular weight is 165 g/mol. The van der Waals surface area contributed by atoms with Crippen molar-refractivity contribution >= 4 is 16.7 Å². The van der Waals surface area contributed by atoms with Gasteiger partial charge in [0, 0.05) is 19.5 Å². The van der Waals surface area contributed by atoms with E-state index in [1.54, 1.807) is 0 Å². The van der Waals surface area contributed by atoms with Gasteiger partial charge in [0.05, 0.1) is 0 Å². The normalized spacial score (nSPS) is 1.00. The molecule has 1 unspecified atom stereocenters. The molecule has 0 aromatic carbocycles. The molecule has 0 aromatic heterocycles. The van der Waals surface area contributed by atoms with Crippen LogP contribution in [0.25, 0.3) is 0 Å². The third-order valence-corrected chi connectivity index (χ3v) is 0. The molecule has 3 heteroatoms. The summed E-state index contributed by atoms with van der Waals surface area (Å²) in [7, 11) is 0. The Labute approximate surface area is 41.5 Å². The van der Waals surface area contributed by atoms with E-state index in [0.29, 0.717) is 0 Å². The van der Waals surface area contributed by atoms with E-state index < -0.39 is 0 Å². The van der Waals surface area contributed by atoms with Crippen LogP contribution < -0.4 is 0 Å². The SMILES string of the molecule is C=O.P.[Ru]. The Morgan fingerprint density at radius 2 is 1.25 bits per heavy atom. The van der Waals surface area contributed by atoms with E-state index in [1.807, 2.05) is 6.79 Å². The molecular weight excluding hydrogens is 160 g/mol. The monoisotopic (exact) mass is 166 g/mol. The van der Waals surface area contributed by atoms with Gasteiger partial charge in [0.15, 0.2) is 0 Å². The van der Waals surface area contributed by atoms with Crippen LogP contribution >= 0.6 is 9.90 Å². The summed E-state index contributed by atoms with van der Waals surface area (Å²) < 4.78 is 0. The molecule has 0 radical (unpaired) electrons. The molecule has 1 nitrogen and oxygen atoms in total. The van der Waals surface area contributed by atoms with Gasteiger partial charge >= 0.3 is 0 Å². The van der Waals surface area contributed by atoms with Crippen molar-refractivity contribution in [2.45, 2.75) is 0 Å². The Hall–Kier alpha value is 0.723. The van der Waals surface area contributed by atoms with Crippen LogP contribution in [0.2, 0.25) is 0 Å². The van der Waals surface area contributed by atoms with E-state index in [9.17, 15) is 0 Å². The van der Waals surface area contributed by atoms with Gasteiger partial charge in [0.2, 0.25) is 0 Å². The van der Waals surface area contributed by atoms with Crippen molar-refractivity contribution in [2.75, 3.05) is 0 Å². The number of carbonyl (C=O) groups is 1. The molecule has 0 aliphatic heterocycles. The standard InChI is InChI=1S/CH2O.H3P.Ru/c1-2;;/h1H2;1H3;. The first-order valence-corrected chi connectivity index (χ1v) is 0.289. The number of rotatable bonds is 0. The molecule has 0 aliphatic carbocycles. The molecule has 0 bridgehead atoms. The van der Waals surface area contributed by atoms with Crippen LogP contribution in [-0.4, -0.2) is 6.79 Å². The number of hydrogen-bond acceptors (Lipinski definition) is 1. The molecule has 0 heterocycles. The van der Waals surface area contributed by atoms with Gasteiger partial charge in [-0.25, -0.2) is 0 Å². The van der Waals surface area contributed by atoms with E-state index in [1.165, 1.54) is 0 Å². The van der Waals surface area contributed by atoms with E-state index in [4.69, 9.17) is 4.79 Å². The minimum Gasteiger partial charge on any atom is -0.307 e. The summed E-state index contributed by atoms with van der Waals surface area (Å²) in [6.07, 6.45) is 0. The van der Waals surface area contributed by atoms with Gasteiger partial charge in [-0.3, -0.25) is 0 Å². The molecule has 0 fully saturated rings. The second-order valence-corrected chi connectivity index (χ2v) is 0. The summed E-state index contributed by atoms with van der Waals surface area (Å²) in [5.74, 6) is 0. The Morgan fingerprint density at radius 3 is 1.25 bits per heavy atom. The minimum atomic E-state index is 0. The predicted octanol–water partition coefficient (Wildman–Crippen LogP) is -0.129. The molecule has 0 saturated heterocycles. The van der Waals surface area contributed by atoms with Crippen molar-refractivity contribution in [3.8, 4) is 0 Å². The second-order valence-electron chi connectivity index (χ2n) is 0. The van der Waals surface area contributed by atoms with Crippen LogP contribution in [-0.2, 0) is 24.3 Å². The molecule has 0 amide bonds. The van der Waals surface area contributed by atoms with Crippen molar-refractivity contribution in [2.24, 2.45) is 0 Å². The molecule has 4 heavy (non-hydrogen) atoms. The van der Waals surface area contributed by atoms with Crippen molar-refractivity contribution in [3.63, 3.8) is 0 Å². The van der Waals surface area contributed by atoms with Crippen LogP contribution in [0.15, 0.2) is 0 Å². The Balaban J connectivity index is -0.00000000500. The first-order valence-electron chi connectivity index (χ1n) is 0.289. The fourth-order valence-electron chi connectivity index (χ4n) is 0. The predicted molar refractivity (Wildman–Crippen MR) is 18.2 cm³/mol. The van der Waals surface area contributed by atoms with Gasteiger partial charge < -0.3 is 4.79 Å². The van der Waals surface area contributed by atoms with E-state index in [-0.39, 0.29) is 29.4 Å². The summed E-state index contributed by atoms with van der Waals surface area (Å²) in [5, 5.41) is 0. The quantitative estimate of drug-likeness (QED) is 0.361. The van der Waals surface area contributed by atoms with Gasteiger partial charge in [-0.2, -0.15) is 9.90 Å². The van der Waals surface area contributed by atoms with Gasteiger partial charge in [-0.1, -0.05) is 0 Å². The maximum Gasteiger partial charge on any atom is 0.106 e. The zero-order valence-electron chi connectivity index (χ0n) is 2.18. The van der Waals surface area contributed by atoms with Gasteiger partial charge in [-0.15, -0.1) is 0 Å². The maximum atomic E-state index is 8.00. The molecular formula is CH5OPRu. The molecule has 0 N–H and O–H groups in total. The zero-order chi connectivity index (χ0) is 2.00. The molecule has 1 atom stereocenters. The van der Waals surface area contributed by atoms with Crippen LogP contribution in [0.3, 0.4) is 0 Å². The molecule has 0 spiro atoms.